The number of hydrogen-bond acceptors (Lipinski definition) is 2. The molecule has 0 aromatic rings. The lowest BCUT2D eigenvalue weighted by molar-refractivity contribution is 0.265. The molecule has 0 aromatic heterocycles. The fraction of sp³-hybridized carbons (Fsp3) is 1.00. The molecular weight excluding hydrogens is 272 g/mol. The minimum Gasteiger partial charge on any atom is -0.201 e. The summed E-state index contributed by atoms with van der Waals surface area (Å²) >= 11 is 6.11. The first-order valence-corrected chi connectivity index (χ1v) is 8.61. The van der Waals surface area contributed by atoms with Crippen molar-refractivity contribution in [2.24, 2.45) is 5.92 Å². The minimum absolute atomic E-state index is 0.0927. The van der Waals surface area contributed by atoms with Gasteiger partial charge in [0.25, 0.3) is 10.2 Å². The highest BCUT2D eigenvalue weighted by atomic mass is 35.5. The Morgan fingerprint density at radius 1 is 1.39 bits per heavy atom. The summed E-state index contributed by atoms with van der Waals surface area (Å²) in [5.41, 5.74) is 0. The molecule has 1 rings (SSSR count). The van der Waals surface area contributed by atoms with Gasteiger partial charge in [-0.1, -0.05) is 20.3 Å². The van der Waals surface area contributed by atoms with Gasteiger partial charge in [0, 0.05) is 24.5 Å². The van der Waals surface area contributed by atoms with Crippen LogP contribution in [0.2, 0.25) is 0 Å². The average Bonchev–Trinajstić information content (AvgIpc) is 2.26. The highest BCUT2D eigenvalue weighted by Gasteiger charge is 2.29. The monoisotopic (exact) mass is 296 g/mol. The Morgan fingerprint density at radius 3 is 2.61 bits per heavy atom. The van der Waals surface area contributed by atoms with Gasteiger partial charge in [0.05, 0.1) is 0 Å². The first-order valence-electron chi connectivity index (χ1n) is 6.73. The van der Waals surface area contributed by atoms with Crippen LogP contribution < -0.4 is 4.72 Å². The van der Waals surface area contributed by atoms with E-state index in [1.807, 2.05) is 6.92 Å². The van der Waals surface area contributed by atoms with Gasteiger partial charge in [-0.3, -0.25) is 0 Å². The molecule has 1 heterocycles. The van der Waals surface area contributed by atoms with Crippen LogP contribution in [0.1, 0.15) is 46.5 Å². The summed E-state index contributed by atoms with van der Waals surface area (Å²) in [4.78, 5) is 0. The average molecular weight is 297 g/mol. The van der Waals surface area contributed by atoms with Crippen molar-refractivity contribution in [2.45, 2.75) is 57.9 Å². The Hall–Kier alpha value is 0.160. The molecule has 1 aliphatic heterocycles. The number of nitrogens with one attached hydrogen (secondary N) is 1. The maximum absolute atomic E-state index is 12.1. The zero-order valence-corrected chi connectivity index (χ0v) is 13.1. The molecule has 1 fully saturated rings. The van der Waals surface area contributed by atoms with E-state index >= 15 is 0 Å². The van der Waals surface area contributed by atoms with Crippen molar-refractivity contribution in [3.05, 3.63) is 0 Å². The third kappa shape index (κ3) is 5.03. The number of halogens is 1. The Balaban J connectivity index is 2.48. The van der Waals surface area contributed by atoms with Gasteiger partial charge in [0.2, 0.25) is 0 Å². The SMILES string of the molecule is CC(C)CC(Cl)CNS(=O)(=O)N1CCCCC1C. The van der Waals surface area contributed by atoms with Gasteiger partial charge < -0.3 is 0 Å². The number of piperidine rings is 1. The van der Waals surface area contributed by atoms with E-state index in [0.29, 0.717) is 19.0 Å². The van der Waals surface area contributed by atoms with Crippen LogP contribution in [-0.4, -0.2) is 37.2 Å². The third-order valence-electron chi connectivity index (χ3n) is 3.27. The fourth-order valence-electron chi connectivity index (χ4n) is 2.30. The summed E-state index contributed by atoms with van der Waals surface area (Å²) in [5, 5.41) is -0.139. The molecule has 0 aromatic carbocycles. The molecule has 1 saturated heterocycles. The molecule has 4 nitrogen and oxygen atoms in total. The van der Waals surface area contributed by atoms with Crippen molar-refractivity contribution in [1.29, 1.82) is 0 Å². The Bertz CT molecular complexity index is 346. The van der Waals surface area contributed by atoms with Crippen LogP contribution in [0.25, 0.3) is 0 Å². The summed E-state index contributed by atoms with van der Waals surface area (Å²) in [6.45, 7) is 7.05. The minimum atomic E-state index is -3.36. The number of hydrogen-bond donors (Lipinski definition) is 1. The van der Waals surface area contributed by atoms with Gasteiger partial charge in [-0.2, -0.15) is 12.7 Å². The van der Waals surface area contributed by atoms with Crippen LogP contribution in [0, 0.1) is 5.92 Å². The number of rotatable bonds is 6. The Morgan fingerprint density at radius 2 is 2.06 bits per heavy atom. The predicted octanol–water partition coefficient (Wildman–Crippen LogP) is 2.35. The van der Waals surface area contributed by atoms with E-state index in [-0.39, 0.29) is 11.4 Å². The fourth-order valence-corrected chi connectivity index (χ4v) is 4.35. The van der Waals surface area contributed by atoms with E-state index in [0.717, 1.165) is 25.7 Å². The summed E-state index contributed by atoms with van der Waals surface area (Å²) in [7, 11) is -3.36. The molecular formula is C12H25ClN2O2S. The van der Waals surface area contributed by atoms with Crippen LogP contribution in [0.5, 0.6) is 0 Å². The lowest BCUT2D eigenvalue weighted by Crippen LogP contribution is -2.49. The number of nitrogens with zero attached hydrogens (tertiary/aromatic N) is 1. The second-order valence-corrected chi connectivity index (χ2v) is 7.86. The summed E-state index contributed by atoms with van der Waals surface area (Å²) in [6, 6.07) is 0.0927. The largest absolute Gasteiger partial charge is 0.279 e. The quantitative estimate of drug-likeness (QED) is 0.765. The van der Waals surface area contributed by atoms with Gasteiger partial charge in [0.1, 0.15) is 0 Å². The maximum atomic E-state index is 12.1. The van der Waals surface area contributed by atoms with Crippen LogP contribution in [-0.2, 0) is 10.2 Å². The maximum Gasteiger partial charge on any atom is 0.279 e. The lowest BCUT2D eigenvalue weighted by atomic mass is 10.1. The summed E-state index contributed by atoms with van der Waals surface area (Å²) < 4.78 is 28.5. The smallest absolute Gasteiger partial charge is 0.201 e. The van der Waals surface area contributed by atoms with Crippen molar-refractivity contribution < 1.29 is 8.42 Å². The molecule has 108 valence electrons. The van der Waals surface area contributed by atoms with Gasteiger partial charge in [-0.25, -0.2) is 4.72 Å². The summed E-state index contributed by atoms with van der Waals surface area (Å²) in [5.74, 6) is 0.478. The van der Waals surface area contributed by atoms with Crippen LogP contribution in [0.3, 0.4) is 0 Å². The third-order valence-corrected chi connectivity index (χ3v) is 5.29. The van der Waals surface area contributed by atoms with Gasteiger partial charge in [-0.05, 0) is 32.1 Å². The molecule has 0 aliphatic carbocycles. The second kappa shape index (κ2) is 7.08. The van der Waals surface area contributed by atoms with Gasteiger partial charge >= 0.3 is 0 Å². The molecule has 2 unspecified atom stereocenters. The van der Waals surface area contributed by atoms with E-state index in [1.165, 1.54) is 0 Å². The van der Waals surface area contributed by atoms with Crippen LogP contribution in [0.15, 0.2) is 0 Å². The van der Waals surface area contributed by atoms with E-state index < -0.39 is 10.2 Å². The number of alkyl halides is 1. The highest BCUT2D eigenvalue weighted by Crippen LogP contribution is 2.19. The normalized spacial score (nSPS) is 24.4. The first-order chi connectivity index (χ1) is 8.33. The molecule has 2 atom stereocenters. The molecule has 18 heavy (non-hydrogen) atoms. The van der Waals surface area contributed by atoms with Crippen molar-refractivity contribution >= 4 is 21.8 Å². The van der Waals surface area contributed by atoms with Crippen molar-refractivity contribution in [3.8, 4) is 0 Å². The molecule has 6 heteroatoms. The molecule has 0 spiro atoms. The molecule has 0 saturated carbocycles. The van der Waals surface area contributed by atoms with Gasteiger partial charge in [0.15, 0.2) is 0 Å². The van der Waals surface area contributed by atoms with Crippen LogP contribution >= 0.6 is 11.6 Å². The zero-order chi connectivity index (χ0) is 13.8. The van der Waals surface area contributed by atoms with E-state index in [9.17, 15) is 8.42 Å². The molecule has 1 N–H and O–H groups in total. The van der Waals surface area contributed by atoms with Gasteiger partial charge in [-0.15, -0.1) is 11.6 Å². The van der Waals surface area contributed by atoms with E-state index in [1.54, 1.807) is 4.31 Å². The summed E-state index contributed by atoms with van der Waals surface area (Å²) in [6.07, 6.45) is 3.82. The van der Waals surface area contributed by atoms with Crippen LogP contribution in [0.4, 0.5) is 0 Å². The Labute approximate surface area is 116 Å². The second-order valence-electron chi connectivity index (χ2n) is 5.54. The molecule has 1 aliphatic rings. The molecule has 0 radical (unpaired) electrons. The first kappa shape index (κ1) is 16.2. The van der Waals surface area contributed by atoms with Crippen molar-refractivity contribution in [1.82, 2.24) is 9.03 Å². The Kier molecular flexibility index (Phi) is 6.38. The van der Waals surface area contributed by atoms with E-state index in [4.69, 9.17) is 11.6 Å². The zero-order valence-electron chi connectivity index (χ0n) is 11.5. The topological polar surface area (TPSA) is 49.4 Å². The highest BCUT2D eigenvalue weighted by molar-refractivity contribution is 7.87. The predicted molar refractivity (Wildman–Crippen MR) is 76.0 cm³/mol. The van der Waals surface area contributed by atoms with Crippen molar-refractivity contribution in [3.63, 3.8) is 0 Å². The lowest BCUT2D eigenvalue weighted by Gasteiger charge is -2.32. The molecule has 0 bridgehead atoms. The van der Waals surface area contributed by atoms with Crippen molar-refractivity contribution in [2.75, 3.05) is 13.1 Å². The van der Waals surface area contributed by atoms with E-state index in [2.05, 4.69) is 18.6 Å². The standard InChI is InChI=1S/C12H25ClN2O2S/c1-10(2)8-12(13)9-14-18(16,17)15-7-5-4-6-11(15)3/h10-12,14H,4-9H2,1-3H3. The molecule has 0 amide bonds.